The van der Waals surface area contributed by atoms with Gasteiger partial charge in [0.05, 0.1) is 17.6 Å². The molecule has 0 unspecified atom stereocenters. The molecule has 0 aliphatic carbocycles. The fourth-order valence-corrected chi connectivity index (χ4v) is 3.37. The number of aryl methyl sites for hydroxylation is 1. The smallest absolute Gasteiger partial charge is 0.121 e. The largest absolute Gasteiger partial charge is 0.341 e. The van der Waals surface area contributed by atoms with Crippen molar-refractivity contribution in [2.45, 2.75) is 39.3 Å². The summed E-state index contributed by atoms with van der Waals surface area (Å²) in [6, 6.07) is 6.93. The van der Waals surface area contributed by atoms with E-state index in [1.54, 1.807) is 0 Å². The number of aromatic amines is 1. The van der Waals surface area contributed by atoms with Crippen LogP contribution in [0.25, 0.3) is 11.0 Å². The average Bonchev–Trinajstić information content (AvgIpc) is 3.07. The number of likely N-dealkylation sites (N-methyl/N-ethyl adjacent to an activating group) is 1. The molecule has 1 atom stereocenters. The van der Waals surface area contributed by atoms with Crippen molar-refractivity contribution < 1.29 is 0 Å². The van der Waals surface area contributed by atoms with E-state index in [1.165, 1.54) is 31.5 Å². The van der Waals surface area contributed by atoms with E-state index in [0.717, 1.165) is 29.9 Å². The van der Waals surface area contributed by atoms with Gasteiger partial charge in [0.25, 0.3) is 0 Å². The monoisotopic (exact) mass is 286 g/mol. The maximum Gasteiger partial charge on any atom is 0.121 e. The van der Waals surface area contributed by atoms with Crippen molar-refractivity contribution >= 4 is 11.0 Å². The lowest BCUT2D eigenvalue weighted by Gasteiger charge is -2.27. The van der Waals surface area contributed by atoms with E-state index in [9.17, 15) is 0 Å². The molecule has 0 bridgehead atoms. The molecule has 4 nitrogen and oxygen atoms in total. The van der Waals surface area contributed by atoms with E-state index >= 15 is 0 Å². The Morgan fingerprint density at radius 3 is 2.81 bits per heavy atom. The van der Waals surface area contributed by atoms with Gasteiger partial charge >= 0.3 is 0 Å². The number of benzene rings is 1. The Labute approximate surface area is 127 Å². The standard InChI is InChI=1S/C17H26N4/c1-13-7-6-8-15-17(13)19-16(18-15)12-20(3)11-14(2)21-9-4-5-10-21/h6-8,14H,4-5,9-12H2,1-3H3,(H,18,19)/t14-/m1/s1. The lowest BCUT2D eigenvalue weighted by atomic mass is 10.2. The predicted octanol–water partition coefficient (Wildman–Crippen LogP) is 2.79. The molecule has 3 rings (SSSR count). The lowest BCUT2D eigenvalue weighted by molar-refractivity contribution is 0.186. The van der Waals surface area contributed by atoms with Crippen molar-refractivity contribution in [1.82, 2.24) is 19.8 Å². The third kappa shape index (κ3) is 3.27. The summed E-state index contributed by atoms with van der Waals surface area (Å²) in [5, 5.41) is 0. The van der Waals surface area contributed by atoms with Crippen LogP contribution in [0.15, 0.2) is 18.2 Å². The second kappa shape index (κ2) is 6.16. The first kappa shape index (κ1) is 14.5. The lowest BCUT2D eigenvalue weighted by Crippen LogP contribution is -2.39. The Bertz CT molecular complexity index is 598. The van der Waals surface area contributed by atoms with Crippen LogP contribution in [0.3, 0.4) is 0 Å². The van der Waals surface area contributed by atoms with Crippen LogP contribution in [0, 0.1) is 6.92 Å². The van der Waals surface area contributed by atoms with Crippen LogP contribution in [-0.4, -0.2) is 52.5 Å². The number of imidazole rings is 1. The topological polar surface area (TPSA) is 35.2 Å². The number of nitrogens with one attached hydrogen (secondary N) is 1. The molecule has 1 aromatic heterocycles. The van der Waals surface area contributed by atoms with Crippen LogP contribution in [0.4, 0.5) is 0 Å². The molecule has 2 heterocycles. The number of hydrogen-bond acceptors (Lipinski definition) is 3. The third-order valence-corrected chi connectivity index (χ3v) is 4.52. The van der Waals surface area contributed by atoms with Crippen molar-refractivity contribution in [3.63, 3.8) is 0 Å². The van der Waals surface area contributed by atoms with Crippen LogP contribution in [0.2, 0.25) is 0 Å². The highest BCUT2D eigenvalue weighted by molar-refractivity contribution is 5.78. The van der Waals surface area contributed by atoms with Crippen LogP contribution in [0.1, 0.15) is 31.2 Å². The summed E-state index contributed by atoms with van der Waals surface area (Å²) in [6.45, 7) is 8.96. The summed E-state index contributed by atoms with van der Waals surface area (Å²) in [5.41, 5.74) is 3.49. The quantitative estimate of drug-likeness (QED) is 0.918. The van der Waals surface area contributed by atoms with Gasteiger partial charge in [0.2, 0.25) is 0 Å². The van der Waals surface area contributed by atoms with Gasteiger partial charge in [0.15, 0.2) is 0 Å². The van der Waals surface area contributed by atoms with Gasteiger partial charge in [-0.05, 0) is 58.5 Å². The zero-order valence-electron chi connectivity index (χ0n) is 13.4. The van der Waals surface area contributed by atoms with E-state index in [1.807, 2.05) is 0 Å². The molecule has 1 N–H and O–H groups in total. The van der Waals surface area contributed by atoms with Crippen LogP contribution in [-0.2, 0) is 6.54 Å². The van der Waals surface area contributed by atoms with Crippen LogP contribution < -0.4 is 0 Å². The van der Waals surface area contributed by atoms with Crippen molar-refractivity contribution in [3.8, 4) is 0 Å². The number of rotatable bonds is 5. The minimum absolute atomic E-state index is 0.628. The van der Waals surface area contributed by atoms with Crippen LogP contribution in [0.5, 0.6) is 0 Å². The zero-order valence-corrected chi connectivity index (χ0v) is 13.4. The number of fused-ring (bicyclic) bond motifs is 1. The first-order valence-corrected chi connectivity index (χ1v) is 8.00. The normalized spacial score (nSPS) is 17.9. The second-order valence-corrected chi connectivity index (χ2v) is 6.44. The van der Waals surface area contributed by atoms with Gasteiger partial charge in [-0.25, -0.2) is 4.98 Å². The van der Waals surface area contributed by atoms with Gasteiger partial charge < -0.3 is 4.98 Å². The highest BCUT2D eigenvalue weighted by atomic mass is 15.2. The molecule has 0 saturated carbocycles. The van der Waals surface area contributed by atoms with Crippen molar-refractivity contribution in [3.05, 3.63) is 29.6 Å². The molecule has 1 aliphatic rings. The minimum atomic E-state index is 0.628. The molecule has 2 aromatic rings. The van der Waals surface area contributed by atoms with Gasteiger partial charge in [0, 0.05) is 12.6 Å². The van der Waals surface area contributed by atoms with E-state index in [-0.39, 0.29) is 0 Å². The maximum atomic E-state index is 4.75. The van der Waals surface area contributed by atoms with Gasteiger partial charge in [-0.1, -0.05) is 12.1 Å². The first-order chi connectivity index (χ1) is 10.1. The molecular weight excluding hydrogens is 260 g/mol. The Morgan fingerprint density at radius 1 is 1.33 bits per heavy atom. The molecule has 4 heteroatoms. The molecule has 0 spiro atoms. The first-order valence-electron chi connectivity index (χ1n) is 8.00. The number of likely N-dealkylation sites (tertiary alicyclic amines) is 1. The Kier molecular flexibility index (Phi) is 4.27. The zero-order chi connectivity index (χ0) is 14.8. The Balaban J connectivity index is 1.62. The summed E-state index contributed by atoms with van der Waals surface area (Å²) < 4.78 is 0. The number of H-pyrrole nitrogens is 1. The van der Waals surface area contributed by atoms with E-state index < -0.39 is 0 Å². The Morgan fingerprint density at radius 2 is 2.10 bits per heavy atom. The third-order valence-electron chi connectivity index (χ3n) is 4.52. The molecule has 114 valence electrons. The summed E-state index contributed by atoms with van der Waals surface area (Å²) in [6.07, 6.45) is 2.72. The van der Waals surface area contributed by atoms with E-state index in [4.69, 9.17) is 4.98 Å². The molecular formula is C17H26N4. The highest BCUT2D eigenvalue weighted by Gasteiger charge is 2.19. The molecule has 0 amide bonds. The van der Waals surface area contributed by atoms with Gasteiger partial charge in [-0.15, -0.1) is 0 Å². The number of hydrogen-bond donors (Lipinski definition) is 1. The molecule has 1 fully saturated rings. The van der Waals surface area contributed by atoms with Crippen molar-refractivity contribution in [2.75, 3.05) is 26.7 Å². The predicted molar refractivity (Wildman–Crippen MR) is 87.4 cm³/mol. The van der Waals surface area contributed by atoms with E-state index in [0.29, 0.717) is 6.04 Å². The van der Waals surface area contributed by atoms with Gasteiger partial charge in [-0.3, -0.25) is 9.80 Å². The minimum Gasteiger partial charge on any atom is -0.341 e. The number of aromatic nitrogens is 2. The average molecular weight is 286 g/mol. The van der Waals surface area contributed by atoms with Crippen LogP contribution >= 0.6 is 0 Å². The summed E-state index contributed by atoms with van der Waals surface area (Å²) in [5.74, 6) is 1.07. The Hall–Kier alpha value is -1.39. The summed E-state index contributed by atoms with van der Waals surface area (Å²) in [7, 11) is 2.19. The number of nitrogens with zero attached hydrogens (tertiary/aromatic N) is 3. The van der Waals surface area contributed by atoms with Gasteiger partial charge in [-0.2, -0.15) is 0 Å². The second-order valence-electron chi connectivity index (χ2n) is 6.44. The SMILES string of the molecule is Cc1cccc2[nH]c(CN(C)C[C@@H](C)N3CCCC3)nc12. The molecule has 1 aliphatic heterocycles. The summed E-state index contributed by atoms with van der Waals surface area (Å²) in [4.78, 5) is 13.2. The fourth-order valence-electron chi connectivity index (χ4n) is 3.37. The summed E-state index contributed by atoms with van der Waals surface area (Å²) >= 11 is 0. The molecule has 21 heavy (non-hydrogen) atoms. The maximum absolute atomic E-state index is 4.75. The number of para-hydroxylation sites is 1. The van der Waals surface area contributed by atoms with Crippen molar-refractivity contribution in [1.29, 1.82) is 0 Å². The van der Waals surface area contributed by atoms with Gasteiger partial charge in [0.1, 0.15) is 5.82 Å². The highest BCUT2D eigenvalue weighted by Crippen LogP contribution is 2.17. The fraction of sp³-hybridized carbons (Fsp3) is 0.588. The molecule has 0 radical (unpaired) electrons. The van der Waals surface area contributed by atoms with Crippen molar-refractivity contribution in [2.24, 2.45) is 0 Å². The molecule has 1 saturated heterocycles. The molecule has 1 aromatic carbocycles. The van der Waals surface area contributed by atoms with E-state index in [2.05, 4.69) is 53.9 Å².